The fourth-order valence-corrected chi connectivity index (χ4v) is 2.97. The number of methoxy groups -OCH3 is 1. The van der Waals surface area contributed by atoms with Crippen LogP contribution in [0.5, 0.6) is 0 Å². The third-order valence-electron chi connectivity index (χ3n) is 4.10. The molecule has 0 saturated carbocycles. The van der Waals surface area contributed by atoms with Crippen molar-refractivity contribution in [3.8, 4) is 0 Å². The molecule has 1 unspecified atom stereocenters. The summed E-state index contributed by atoms with van der Waals surface area (Å²) < 4.78 is 47.2. The van der Waals surface area contributed by atoms with Crippen LogP contribution in [-0.4, -0.2) is 50.5 Å². The van der Waals surface area contributed by atoms with Crippen molar-refractivity contribution in [1.82, 2.24) is 0 Å². The number of halogens is 3. The lowest BCUT2D eigenvalue weighted by Crippen LogP contribution is -2.45. The molecule has 27 heavy (non-hydrogen) atoms. The van der Waals surface area contributed by atoms with Crippen LogP contribution in [0.2, 0.25) is 0 Å². The summed E-state index contributed by atoms with van der Waals surface area (Å²) in [5.74, 6) is -1.50. The maximum Gasteiger partial charge on any atom is 0.389 e. The Morgan fingerprint density at radius 1 is 1.26 bits per heavy atom. The number of hydrogen-bond donors (Lipinski definition) is 1. The van der Waals surface area contributed by atoms with E-state index in [4.69, 9.17) is 9.47 Å². The van der Waals surface area contributed by atoms with Crippen LogP contribution in [0.3, 0.4) is 0 Å². The molecular weight excluding hydrogens is 365 g/mol. The number of esters is 1. The molecule has 1 aromatic carbocycles. The van der Waals surface area contributed by atoms with E-state index < -0.39 is 30.9 Å². The summed E-state index contributed by atoms with van der Waals surface area (Å²) in [6.07, 6.45) is -6.34. The van der Waals surface area contributed by atoms with Gasteiger partial charge in [-0.3, -0.25) is 4.79 Å². The Kier molecular flexibility index (Phi) is 6.69. The second-order valence-corrected chi connectivity index (χ2v) is 6.55. The Hall–Kier alpha value is -2.29. The van der Waals surface area contributed by atoms with Gasteiger partial charge >= 0.3 is 12.1 Å². The molecule has 0 spiro atoms. The van der Waals surface area contributed by atoms with E-state index in [-0.39, 0.29) is 23.5 Å². The van der Waals surface area contributed by atoms with Gasteiger partial charge in [0.25, 0.3) is 0 Å². The van der Waals surface area contributed by atoms with E-state index in [1.807, 2.05) is 18.7 Å². The second-order valence-electron chi connectivity index (χ2n) is 6.55. The molecule has 1 saturated heterocycles. The minimum Gasteiger partial charge on any atom is -0.465 e. The van der Waals surface area contributed by atoms with Crippen LogP contribution in [0.1, 0.15) is 37.0 Å². The van der Waals surface area contributed by atoms with Gasteiger partial charge in [0.15, 0.2) is 0 Å². The Labute approximate surface area is 155 Å². The van der Waals surface area contributed by atoms with Gasteiger partial charge in [-0.05, 0) is 32.0 Å². The van der Waals surface area contributed by atoms with Gasteiger partial charge in [-0.25, -0.2) is 4.79 Å². The van der Waals surface area contributed by atoms with Gasteiger partial charge in [0.2, 0.25) is 5.91 Å². The summed E-state index contributed by atoms with van der Waals surface area (Å²) in [5.41, 5.74) is 0.944. The van der Waals surface area contributed by atoms with Crippen molar-refractivity contribution in [2.45, 2.75) is 45.1 Å². The van der Waals surface area contributed by atoms with Crippen LogP contribution in [0.15, 0.2) is 18.2 Å². The van der Waals surface area contributed by atoms with Crippen LogP contribution in [0.25, 0.3) is 0 Å². The molecular formula is C18H23F3N2O4. The number of nitrogens with one attached hydrogen (secondary N) is 1. The average molecular weight is 388 g/mol. The minimum atomic E-state index is -4.42. The molecule has 6 nitrogen and oxygen atoms in total. The largest absolute Gasteiger partial charge is 0.465 e. The van der Waals surface area contributed by atoms with Crippen LogP contribution < -0.4 is 10.2 Å². The quantitative estimate of drug-likeness (QED) is 0.784. The number of rotatable bonds is 5. The first kappa shape index (κ1) is 21.0. The number of ether oxygens (including phenoxy) is 2. The zero-order valence-corrected chi connectivity index (χ0v) is 15.4. The highest BCUT2D eigenvalue weighted by molar-refractivity contribution is 6.02. The van der Waals surface area contributed by atoms with Gasteiger partial charge in [-0.2, -0.15) is 13.2 Å². The van der Waals surface area contributed by atoms with E-state index in [9.17, 15) is 22.8 Å². The molecule has 2 atom stereocenters. The van der Waals surface area contributed by atoms with Gasteiger partial charge in [0.05, 0.1) is 37.0 Å². The third kappa shape index (κ3) is 6.13. The van der Waals surface area contributed by atoms with E-state index in [1.165, 1.54) is 13.2 Å². The molecule has 1 N–H and O–H groups in total. The fraction of sp³-hybridized carbons (Fsp3) is 0.556. The number of anilines is 2. The van der Waals surface area contributed by atoms with Gasteiger partial charge in [0, 0.05) is 25.2 Å². The highest BCUT2D eigenvalue weighted by atomic mass is 19.4. The lowest BCUT2D eigenvalue weighted by molar-refractivity contribution is -0.142. The van der Waals surface area contributed by atoms with Gasteiger partial charge in [0.1, 0.15) is 0 Å². The SMILES string of the molecule is COC(=O)c1cc(N2CC(C)O[C@@H](C)C2)ccc1NC(=O)CCC(F)(F)F. The van der Waals surface area contributed by atoms with Crippen LogP contribution in [0.4, 0.5) is 24.5 Å². The molecule has 1 amide bonds. The summed E-state index contributed by atoms with van der Waals surface area (Å²) >= 11 is 0. The molecule has 1 aliphatic rings. The topological polar surface area (TPSA) is 67.9 Å². The van der Waals surface area contributed by atoms with E-state index in [1.54, 1.807) is 12.1 Å². The van der Waals surface area contributed by atoms with E-state index in [0.29, 0.717) is 13.1 Å². The number of hydrogen-bond acceptors (Lipinski definition) is 5. The van der Waals surface area contributed by atoms with Crippen molar-refractivity contribution in [1.29, 1.82) is 0 Å². The van der Waals surface area contributed by atoms with E-state index in [2.05, 4.69) is 5.32 Å². The highest BCUT2D eigenvalue weighted by Gasteiger charge is 2.28. The van der Waals surface area contributed by atoms with E-state index >= 15 is 0 Å². The van der Waals surface area contributed by atoms with Crippen LogP contribution in [0, 0.1) is 0 Å². The number of alkyl halides is 3. The Morgan fingerprint density at radius 3 is 2.44 bits per heavy atom. The average Bonchev–Trinajstić information content (AvgIpc) is 2.58. The summed E-state index contributed by atoms with van der Waals surface area (Å²) in [6.45, 7) is 5.14. The van der Waals surface area contributed by atoms with Crippen molar-refractivity contribution < 1.29 is 32.2 Å². The maximum atomic E-state index is 12.3. The zero-order valence-electron chi connectivity index (χ0n) is 15.4. The molecule has 9 heteroatoms. The molecule has 1 heterocycles. The number of benzene rings is 1. The Morgan fingerprint density at radius 2 is 1.89 bits per heavy atom. The number of morpholine rings is 1. The fourth-order valence-electron chi connectivity index (χ4n) is 2.97. The zero-order chi connectivity index (χ0) is 20.2. The molecule has 0 aliphatic carbocycles. The number of carbonyl (C=O) groups excluding carboxylic acids is 2. The molecule has 2 rings (SSSR count). The van der Waals surface area contributed by atoms with E-state index in [0.717, 1.165) is 5.69 Å². The monoisotopic (exact) mass is 388 g/mol. The smallest absolute Gasteiger partial charge is 0.389 e. The predicted octanol–water partition coefficient (Wildman–Crippen LogP) is 3.37. The van der Waals surface area contributed by atoms with Crippen LogP contribution >= 0.6 is 0 Å². The van der Waals surface area contributed by atoms with Gasteiger partial charge in [-0.1, -0.05) is 0 Å². The number of carbonyl (C=O) groups is 2. The summed E-state index contributed by atoms with van der Waals surface area (Å²) in [6, 6.07) is 4.77. The molecule has 0 aromatic heterocycles. The van der Waals surface area contributed by atoms with Crippen LogP contribution in [-0.2, 0) is 14.3 Å². The van der Waals surface area contributed by atoms with Crippen molar-refractivity contribution >= 4 is 23.3 Å². The molecule has 1 aromatic rings. The first-order valence-corrected chi connectivity index (χ1v) is 8.58. The Bertz CT molecular complexity index is 684. The summed E-state index contributed by atoms with van der Waals surface area (Å²) in [4.78, 5) is 25.9. The molecule has 1 aliphatic heterocycles. The minimum absolute atomic E-state index is 0.0112. The number of nitrogens with zero attached hydrogens (tertiary/aromatic N) is 1. The third-order valence-corrected chi connectivity index (χ3v) is 4.10. The van der Waals surface area contributed by atoms with Crippen molar-refractivity contribution in [3.63, 3.8) is 0 Å². The molecule has 1 fully saturated rings. The van der Waals surface area contributed by atoms with Crippen molar-refractivity contribution in [2.24, 2.45) is 0 Å². The van der Waals surface area contributed by atoms with Gasteiger partial charge in [-0.15, -0.1) is 0 Å². The normalized spacial score (nSPS) is 20.3. The Balaban J connectivity index is 2.20. The highest BCUT2D eigenvalue weighted by Crippen LogP contribution is 2.27. The summed E-state index contributed by atoms with van der Waals surface area (Å²) in [5, 5.41) is 2.36. The maximum absolute atomic E-state index is 12.3. The molecule has 0 radical (unpaired) electrons. The first-order chi connectivity index (χ1) is 12.6. The first-order valence-electron chi connectivity index (χ1n) is 8.58. The van der Waals surface area contributed by atoms with Crippen molar-refractivity contribution in [3.05, 3.63) is 23.8 Å². The van der Waals surface area contributed by atoms with Crippen molar-refractivity contribution in [2.75, 3.05) is 30.4 Å². The second kappa shape index (κ2) is 8.60. The molecule has 0 bridgehead atoms. The lowest BCUT2D eigenvalue weighted by atomic mass is 10.1. The van der Waals surface area contributed by atoms with Gasteiger partial charge < -0.3 is 19.7 Å². The lowest BCUT2D eigenvalue weighted by Gasteiger charge is -2.37. The molecule has 150 valence electrons. The number of amides is 1. The predicted molar refractivity (Wildman–Crippen MR) is 93.9 cm³/mol. The summed E-state index contributed by atoms with van der Waals surface area (Å²) in [7, 11) is 1.20. The standard InChI is InChI=1S/C18H23F3N2O4/c1-11-9-23(10-12(2)27-11)13-4-5-15(14(8-13)17(25)26-3)22-16(24)6-7-18(19,20)21/h4-5,8,11-12H,6-7,9-10H2,1-3H3,(H,22,24)/t11-,12?/m0/s1.